The molecular weight excluding hydrogens is 374 g/mol. The molecule has 0 amide bonds. The molecule has 0 atom stereocenters. The summed E-state index contributed by atoms with van der Waals surface area (Å²) in [6.07, 6.45) is 0. The fourth-order valence-electron chi connectivity index (χ4n) is 1.38. The lowest BCUT2D eigenvalue weighted by atomic mass is 9.76. The van der Waals surface area contributed by atoms with Gasteiger partial charge >= 0.3 is 17.2 Å². The Morgan fingerprint density at radius 2 is 1.82 bits per heavy atom. The van der Waals surface area contributed by atoms with Gasteiger partial charge in [0.2, 0.25) is 0 Å². The van der Waals surface area contributed by atoms with Crippen molar-refractivity contribution in [2.45, 2.75) is 12.7 Å². The molecule has 0 heterocycles. The Hall–Kier alpha value is -0.315. The molecule has 1 aromatic carbocycles. The van der Waals surface area contributed by atoms with Crippen LogP contribution in [0.3, 0.4) is 0 Å². The third-order valence-electron chi connectivity index (χ3n) is 2.14. The van der Waals surface area contributed by atoms with E-state index >= 15 is 0 Å². The first kappa shape index (κ1) is 14.7. The second-order valence-corrected chi connectivity index (χ2v) is 6.08. The first-order valence-corrected chi connectivity index (χ1v) is 7.05. The Morgan fingerprint density at radius 1 is 1.29 bits per heavy atom. The van der Waals surface area contributed by atoms with Gasteiger partial charge in [0.15, 0.2) is 0 Å². The van der Waals surface area contributed by atoms with E-state index in [0.717, 1.165) is 0 Å². The molecule has 0 saturated carbocycles. The summed E-state index contributed by atoms with van der Waals surface area (Å²) in [4.78, 5) is 0. The maximum atomic E-state index is 12.7. The van der Waals surface area contributed by atoms with Gasteiger partial charge in [-0.05, 0) is 41.1 Å². The van der Waals surface area contributed by atoms with Crippen LogP contribution in [0.5, 0.6) is 0 Å². The smallest absolute Gasteiger partial charge is 0.445 e. The van der Waals surface area contributed by atoms with Crippen LogP contribution in [-0.2, 0) is 16.0 Å². The van der Waals surface area contributed by atoms with Crippen LogP contribution in [0.1, 0.15) is 11.1 Å². The van der Waals surface area contributed by atoms with Crippen molar-refractivity contribution < 1.29 is 25.3 Å². The molecule has 1 aromatic rings. The van der Waals surface area contributed by atoms with E-state index in [1.807, 2.05) is 0 Å². The molecule has 0 unspecified atom stereocenters. The number of halogens is 5. The van der Waals surface area contributed by atoms with E-state index in [2.05, 4.69) is 0 Å². The van der Waals surface area contributed by atoms with E-state index in [9.17, 15) is 25.3 Å². The molecule has 0 N–H and O–H groups in total. The highest BCUT2D eigenvalue weighted by Crippen LogP contribution is 2.20. The van der Waals surface area contributed by atoms with Crippen LogP contribution in [-0.4, -0.2) is 15.4 Å². The van der Waals surface area contributed by atoms with Crippen molar-refractivity contribution in [2.75, 3.05) is 0 Å². The SMILES string of the molecule is Cc1c(I)cc(CS(=O)(=O)F)cc1[B-](F)(F)F. The molecule has 96 valence electrons. The zero-order chi connectivity index (χ0) is 13.4. The Labute approximate surface area is 110 Å². The fourth-order valence-corrected chi connectivity index (χ4v) is 2.66. The highest BCUT2D eigenvalue weighted by atomic mass is 127. The first-order chi connectivity index (χ1) is 7.50. The highest BCUT2D eigenvalue weighted by Gasteiger charge is 2.29. The van der Waals surface area contributed by atoms with Gasteiger partial charge in [0.05, 0.1) is 0 Å². The van der Waals surface area contributed by atoms with Crippen molar-refractivity contribution in [3.05, 3.63) is 26.8 Å². The van der Waals surface area contributed by atoms with E-state index < -0.39 is 28.4 Å². The summed E-state index contributed by atoms with van der Waals surface area (Å²) in [6, 6.07) is 1.92. The molecule has 0 bridgehead atoms. The molecular formula is C8H7BF4IO2S-. The molecule has 0 aromatic heterocycles. The summed E-state index contributed by atoms with van der Waals surface area (Å²) in [5.41, 5.74) is -1.05. The minimum absolute atomic E-state index is 0.0260. The minimum atomic E-state index is -5.24. The normalized spacial score (nSPS) is 12.8. The zero-order valence-corrected chi connectivity index (χ0v) is 11.5. The maximum absolute atomic E-state index is 12.7. The topological polar surface area (TPSA) is 34.1 Å². The van der Waals surface area contributed by atoms with Crippen LogP contribution < -0.4 is 5.46 Å². The van der Waals surface area contributed by atoms with Crippen LogP contribution in [0.4, 0.5) is 16.8 Å². The van der Waals surface area contributed by atoms with E-state index in [-0.39, 0.29) is 14.7 Å². The summed E-state index contributed by atoms with van der Waals surface area (Å²) in [5.74, 6) is -1.04. The molecule has 0 radical (unpaired) electrons. The molecule has 1 rings (SSSR count). The van der Waals surface area contributed by atoms with E-state index in [0.29, 0.717) is 6.07 Å². The second-order valence-electron chi connectivity index (χ2n) is 3.55. The molecule has 9 heteroatoms. The molecule has 0 aliphatic rings. The second kappa shape index (κ2) is 4.75. The maximum Gasteiger partial charge on any atom is 0.509 e. The third-order valence-corrected chi connectivity index (χ3v) is 3.93. The lowest BCUT2D eigenvalue weighted by Gasteiger charge is -2.20. The zero-order valence-electron chi connectivity index (χ0n) is 8.55. The molecule has 0 fully saturated rings. The minimum Gasteiger partial charge on any atom is -0.445 e. The Morgan fingerprint density at radius 3 is 2.24 bits per heavy atom. The summed E-state index contributed by atoms with van der Waals surface area (Å²) in [6.45, 7) is -3.95. The largest absolute Gasteiger partial charge is 0.509 e. The molecule has 0 spiro atoms. The van der Waals surface area contributed by atoms with Gasteiger partial charge in [0, 0.05) is 3.57 Å². The first-order valence-electron chi connectivity index (χ1n) is 4.42. The summed E-state index contributed by atoms with van der Waals surface area (Å²) < 4.78 is 71.5. The molecule has 0 saturated heterocycles. The van der Waals surface area contributed by atoms with Crippen molar-refractivity contribution in [3.8, 4) is 0 Å². The van der Waals surface area contributed by atoms with Gasteiger partial charge in [0.25, 0.3) is 0 Å². The van der Waals surface area contributed by atoms with Crippen molar-refractivity contribution in [1.29, 1.82) is 0 Å². The van der Waals surface area contributed by atoms with Crippen molar-refractivity contribution in [1.82, 2.24) is 0 Å². The lowest BCUT2D eigenvalue weighted by Crippen LogP contribution is -2.37. The predicted molar refractivity (Wildman–Crippen MR) is 66.3 cm³/mol. The molecule has 0 aliphatic heterocycles. The monoisotopic (exact) mass is 381 g/mol. The van der Waals surface area contributed by atoms with E-state index in [1.165, 1.54) is 13.0 Å². The van der Waals surface area contributed by atoms with Gasteiger partial charge in [-0.25, -0.2) is 0 Å². The van der Waals surface area contributed by atoms with Crippen molar-refractivity contribution in [2.24, 2.45) is 0 Å². The van der Waals surface area contributed by atoms with E-state index in [4.69, 9.17) is 0 Å². The summed E-state index contributed by atoms with van der Waals surface area (Å²) in [7, 11) is -4.83. The van der Waals surface area contributed by atoms with Gasteiger partial charge in [0.1, 0.15) is 5.75 Å². The third kappa shape index (κ3) is 4.13. The van der Waals surface area contributed by atoms with Gasteiger partial charge in [-0.1, -0.05) is 11.6 Å². The number of benzene rings is 1. The van der Waals surface area contributed by atoms with Crippen molar-refractivity contribution >= 4 is 45.3 Å². The standard InChI is InChI=1S/C8H7BF4IO2S/c1-5-7(9(10,11)12)2-6(3-8(5)14)4-17(13,15)16/h2-3H,4H2,1H3/q-1. The van der Waals surface area contributed by atoms with Crippen LogP contribution in [0.15, 0.2) is 12.1 Å². The van der Waals surface area contributed by atoms with Crippen LogP contribution in [0, 0.1) is 10.5 Å². The molecule has 2 nitrogen and oxygen atoms in total. The Balaban J connectivity index is 3.34. The average molecular weight is 381 g/mol. The van der Waals surface area contributed by atoms with E-state index in [1.54, 1.807) is 22.6 Å². The molecule has 17 heavy (non-hydrogen) atoms. The van der Waals surface area contributed by atoms with Crippen LogP contribution >= 0.6 is 22.6 Å². The fraction of sp³-hybridized carbons (Fsp3) is 0.250. The predicted octanol–water partition coefficient (Wildman–Crippen LogP) is 2.45. The number of hydrogen-bond acceptors (Lipinski definition) is 2. The van der Waals surface area contributed by atoms with Crippen molar-refractivity contribution in [3.63, 3.8) is 0 Å². The Bertz CT molecular complexity index is 541. The van der Waals surface area contributed by atoms with Gasteiger partial charge in [-0.3, -0.25) is 0 Å². The van der Waals surface area contributed by atoms with Gasteiger partial charge in [-0.2, -0.15) is 8.42 Å². The van der Waals surface area contributed by atoms with Crippen LogP contribution in [0.25, 0.3) is 0 Å². The van der Waals surface area contributed by atoms with Crippen LogP contribution in [0.2, 0.25) is 0 Å². The quantitative estimate of drug-likeness (QED) is 0.349. The van der Waals surface area contributed by atoms with Gasteiger partial charge in [-0.15, -0.1) is 9.35 Å². The number of rotatable bonds is 3. The summed E-state index contributed by atoms with van der Waals surface area (Å²) >= 11 is 1.66. The summed E-state index contributed by atoms with van der Waals surface area (Å²) in [5, 5.41) is 0. The highest BCUT2D eigenvalue weighted by molar-refractivity contribution is 14.1. The number of hydrogen-bond donors (Lipinski definition) is 0. The molecule has 0 aliphatic carbocycles. The van der Waals surface area contributed by atoms with Gasteiger partial charge < -0.3 is 12.9 Å². The Kier molecular flexibility index (Phi) is 4.12. The lowest BCUT2D eigenvalue weighted by molar-refractivity contribution is 0.500. The average Bonchev–Trinajstić information content (AvgIpc) is 2.06.